The normalized spacial score (nSPS) is 11.9. The molecular weight excluding hydrogens is 495 g/mol. The van der Waals surface area contributed by atoms with E-state index < -0.39 is 11.6 Å². The molecule has 0 aliphatic heterocycles. The molecule has 9 heteroatoms. The van der Waals surface area contributed by atoms with Crippen LogP contribution in [-0.4, -0.2) is 40.4 Å². The first kappa shape index (κ1) is 24.7. The Morgan fingerprint density at radius 1 is 1.03 bits per heavy atom. The Labute approximate surface area is 186 Å². The van der Waals surface area contributed by atoms with Gasteiger partial charge in [-0.1, -0.05) is 0 Å². The number of aliphatic imine (C=N–C) groups is 1. The van der Waals surface area contributed by atoms with Crippen molar-refractivity contribution in [2.45, 2.75) is 13.0 Å². The summed E-state index contributed by atoms with van der Waals surface area (Å²) in [7, 11) is 4.87. The van der Waals surface area contributed by atoms with Crippen LogP contribution in [0.4, 0.5) is 8.78 Å². The van der Waals surface area contributed by atoms with Gasteiger partial charge in [0.15, 0.2) is 17.6 Å². The number of hydrogen-bond acceptors (Lipinski definition) is 4. The van der Waals surface area contributed by atoms with E-state index in [4.69, 9.17) is 14.2 Å². The molecule has 2 aromatic carbocycles. The molecule has 0 aliphatic carbocycles. The molecule has 6 nitrogen and oxygen atoms in total. The fourth-order valence-electron chi connectivity index (χ4n) is 2.56. The Morgan fingerprint density at radius 3 is 2.38 bits per heavy atom. The smallest absolute Gasteiger partial charge is 0.191 e. The molecule has 160 valence electrons. The van der Waals surface area contributed by atoms with Gasteiger partial charge in [-0.3, -0.25) is 4.99 Å². The van der Waals surface area contributed by atoms with Crippen molar-refractivity contribution in [3.63, 3.8) is 0 Å². The van der Waals surface area contributed by atoms with Gasteiger partial charge in [0.2, 0.25) is 0 Å². The first-order valence-electron chi connectivity index (χ1n) is 8.75. The highest BCUT2D eigenvalue weighted by Gasteiger charge is 2.14. The predicted octanol–water partition coefficient (Wildman–Crippen LogP) is 3.91. The topological polar surface area (TPSA) is 64.1 Å². The van der Waals surface area contributed by atoms with Gasteiger partial charge in [0, 0.05) is 18.7 Å². The minimum Gasteiger partial charge on any atom is -0.497 e. The molecule has 0 fully saturated rings. The van der Waals surface area contributed by atoms with Crippen LogP contribution < -0.4 is 24.8 Å². The lowest BCUT2D eigenvalue weighted by Gasteiger charge is -2.21. The van der Waals surface area contributed by atoms with Crippen LogP contribution in [0.15, 0.2) is 41.4 Å². The second-order valence-corrected chi connectivity index (χ2v) is 5.90. The minimum atomic E-state index is -0.941. The van der Waals surface area contributed by atoms with Crippen LogP contribution in [0.1, 0.15) is 18.5 Å². The second kappa shape index (κ2) is 12.3. The van der Waals surface area contributed by atoms with Crippen LogP contribution in [0, 0.1) is 11.6 Å². The van der Waals surface area contributed by atoms with Crippen LogP contribution in [-0.2, 0) is 0 Å². The standard InChI is InChI=1S/C20H25F2N3O3.HI/c1-13(16-11-14(26-3)6-8-19(16)27-4)25-20(23-2)24-9-10-28-15-5-7-17(21)18(22)12-15;/h5-8,11-13H,9-10H2,1-4H3,(H2,23,24,25);1H. The molecule has 2 N–H and O–H groups in total. The summed E-state index contributed by atoms with van der Waals surface area (Å²) in [4.78, 5) is 4.18. The Morgan fingerprint density at radius 2 is 1.76 bits per heavy atom. The highest BCUT2D eigenvalue weighted by molar-refractivity contribution is 14.0. The summed E-state index contributed by atoms with van der Waals surface area (Å²) in [5, 5.41) is 6.37. The average Bonchev–Trinajstić information content (AvgIpc) is 2.71. The number of ether oxygens (including phenoxy) is 3. The van der Waals surface area contributed by atoms with Crippen LogP contribution in [0.3, 0.4) is 0 Å². The number of hydrogen-bond donors (Lipinski definition) is 2. The third kappa shape index (κ3) is 7.22. The van der Waals surface area contributed by atoms with E-state index in [-0.39, 0.29) is 42.4 Å². The molecule has 0 heterocycles. The lowest BCUT2D eigenvalue weighted by atomic mass is 10.1. The Kier molecular flexibility index (Phi) is 10.5. The van der Waals surface area contributed by atoms with Crippen molar-refractivity contribution >= 4 is 29.9 Å². The summed E-state index contributed by atoms with van der Waals surface area (Å²) >= 11 is 0. The highest BCUT2D eigenvalue weighted by atomic mass is 127. The number of guanidine groups is 1. The molecule has 0 saturated carbocycles. The number of nitrogens with one attached hydrogen (secondary N) is 2. The largest absolute Gasteiger partial charge is 0.497 e. The van der Waals surface area contributed by atoms with Crippen molar-refractivity contribution in [2.75, 3.05) is 34.4 Å². The quantitative estimate of drug-likeness (QED) is 0.239. The summed E-state index contributed by atoms with van der Waals surface area (Å²) in [6.45, 7) is 2.64. The average molecular weight is 521 g/mol. The van der Waals surface area contributed by atoms with Gasteiger partial charge in [0.05, 0.1) is 26.8 Å². The summed E-state index contributed by atoms with van der Waals surface area (Å²) in [5.41, 5.74) is 0.919. The maximum atomic E-state index is 13.2. The van der Waals surface area contributed by atoms with E-state index in [0.29, 0.717) is 12.5 Å². The maximum Gasteiger partial charge on any atom is 0.191 e. The summed E-state index contributed by atoms with van der Waals surface area (Å²) in [6, 6.07) is 8.89. The van der Waals surface area contributed by atoms with E-state index in [9.17, 15) is 8.78 Å². The van der Waals surface area contributed by atoms with Crippen LogP contribution >= 0.6 is 24.0 Å². The molecule has 0 aliphatic rings. The number of halogens is 3. The zero-order valence-electron chi connectivity index (χ0n) is 16.8. The van der Waals surface area contributed by atoms with E-state index in [1.54, 1.807) is 21.3 Å². The molecule has 0 radical (unpaired) electrons. The first-order chi connectivity index (χ1) is 13.5. The Bertz CT molecular complexity index is 822. The van der Waals surface area contributed by atoms with E-state index in [2.05, 4.69) is 15.6 Å². The van der Waals surface area contributed by atoms with Gasteiger partial charge in [-0.05, 0) is 37.3 Å². The van der Waals surface area contributed by atoms with E-state index >= 15 is 0 Å². The molecule has 29 heavy (non-hydrogen) atoms. The van der Waals surface area contributed by atoms with Crippen molar-refractivity contribution in [3.05, 3.63) is 53.6 Å². The fourth-order valence-corrected chi connectivity index (χ4v) is 2.56. The molecule has 1 atom stereocenters. The van der Waals surface area contributed by atoms with Gasteiger partial charge in [-0.15, -0.1) is 24.0 Å². The highest BCUT2D eigenvalue weighted by Crippen LogP contribution is 2.29. The van der Waals surface area contributed by atoms with Crippen LogP contribution in [0.5, 0.6) is 17.2 Å². The van der Waals surface area contributed by atoms with Gasteiger partial charge in [0.25, 0.3) is 0 Å². The van der Waals surface area contributed by atoms with Crippen LogP contribution in [0.25, 0.3) is 0 Å². The monoisotopic (exact) mass is 521 g/mol. The van der Waals surface area contributed by atoms with Gasteiger partial charge in [-0.2, -0.15) is 0 Å². The SMILES string of the molecule is CN=C(NCCOc1ccc(F)c(F)c1)NC(C)c1cc(OC)ccc1OC.I. The number of benzene rings is 2. The van der Waals surface area contributed by atoms with Crippen molar-refractivity contribution < 1.29 is 23.0 Å². The molecule has 0 amide bonds. The molecule has 0 bridgehead atoms. The number of rotatable bonds is 8. The Hall–Kier alpha value is -2.30. The molecule has 2 aromatic rings. The van der Waals surface area contributed by atoms with Crippen LogP contribution in [0.2, 0.25) is 0 Å². The van der Waals surface area contributed by atoms with Gasteiger partial charge in [-0.25, -0.2) is 8.78 Å². The molecule has 0 saturated heterocycles. The van der Waals surface area contributed by atoms with Crippen molar-refractivity contribution in [2.24, 2.45) is 4.99 Å². The van der Waals surface area contributed by atoms with Gasteiger partial charge in [0.1, 0.15) is 23.9 Å². The molecule has 0 aromatic heterocycles. The van der Waals surface area contributed by atoms with Crippen molar-refractivity contribution in [1.82, 2.24) is 10.6 Å². The molecule has 2 rings (SSSR count). The van der Waals surface area contributed by atoms with Gasteiger partial charge < -0.3 is 24.8 Å². The molecular formula is C20H26F2IN3O3. The summed E-state index contributed by atoms with van der Waals surface area (Å²) < 4.78 is 42.2. The fraction of sp³-hybridized carbons (Fsp3) is 0.350. The lowest BCUT2D eigenvalue weighted by molar-refractivity contribution is 0.318. The lowest BCUT2D eigenvalue weighted by Crippen LogP contribution is -2.40. The second-order valence-electron chi connectivity index (χ2n) is 5.90. The third-order valence-corrected chi connectivity index (χ3v) is 4.03. The number of methoxy groups -OCH3 is 2. The van der Waals surface area contributed by atoms with Crippen molar-refractivity contribution in [1.29, 1.82) is 0 Å². The van der Waals surface area contributed by atoms with Crippen molar-refractivity contribution in [3.8, 4) is 17.2 Å². The molecule has 0 spiro atoms. The van der Waals surface area contributed by atoms with E-state index in [1.165, 1.54) is 6.07 Å². The van der Waals surface area contributed by atoms with E-state index in [1.807, 2.05) is 25.1 Å². The minimum absolute atomic E-state index is 0. The third-order valence-electron chi connectivity index (χ3n) is 4.03. The summed E-state index contributed by atoms with van der Waals surface area (Å²) in [5.74, 6) is 0.440. The van der Waals surface area contributed by atoms with Gasteiger partial charge >= 0.3 is 0 Å². The zero-order chi connectivity index (χ0) is 20.5. The number of nitrogens with zero attached hydrogens (tertiary/aromatic N) is 1. The maximum absolute atomic E-state index is 13.2. The summed E-state index contributed by atoms with van der Waals surface area (Å²) in [6.07, 6.45) is 0. The first-order valence-corrected chi connectivity index (χ1v) is 8.75. The molecule has 1 unspecified atom stereocenters. The predicted molar refractivity (Wildman–Crippen MR) is 120 cm³/mol. The Balaban J connectivity index is 0.00000420. The zero-order valence-corrected chi connectivity index (χ0v) is 19.1. The van der Waals surface area contributed by atoms with E-state index in [0.717, 1.165) is 29.2 Å².